The number of nitrogens with one attached hydrogen (secondary N) is 1. The van der Waals surface area contributed by atoms with Gasteiger partial charge in [-0.25, -0.2) is 18.4 Å². The number of benzene rings is 1. The smallest absolute Gasteiger partial charge is 0.292 e. The van der Waals surface area contributed by atoms with E-state index in [-0.39, 0.29) is 42.9 Å². The number of halogens is 1. The van der Waals surface area contributed by atoms with Crippen LogP contribution in [0.25, 0.3) is 22.2 Å². The lowest BCUT2D eigenvalue weighted by Crippen LogP contribution is -2.60. The van der Waals surface area contributed by atoms with Crippen molar-refractivity contribution < 1.29 is 22.7 Å². The average molecular weight is 596 g/mol. The Morgan fingerprint density at radius 2 is 1.93 bits per heavy atom. The molecule has 2 aliphatic rings. The number of carbonyl (C=O) groups excluding carboxylic acids is 2. The van der Waals surface area contributed by atoms with E-state index >= 15 is 0 Å². The molecule has 0 radical (unpaired) electrons. The first-order valence-electron chi connectivity index (χ1n) is 13.1. The second kappa shape index (κ2) is 10.7. The molecular formula is C27H26ClN7O5S. The highest BCUT2D eigenvalue weighted by atomic mass is 35.5. The predicted molar refractivity (Wildman–Crippen MR) is 149 cm³/mol. The Hall–Kier alpha value is -4.07. The Kier molecular flexibility index (Phi) is 7.09. The number of amides is 2. The summed E-state index contributed by atoms with van der Waals surface area (Å²) < 4.78 is 29.3. The maximum atomic E-state index is 13.7. The first kappa shape index (κ1) is 27.1. The lowest BCUT2D eigenvalue weighted by atomic mass is 10.1. The molecule has 2 amide bonds. The van der Waals surface area contributed by atoms with E-state index < -0.39 is 22.0 Å². The van der Waals surface area contributed by atoms with Gasteiger partial charge < -0.3 is 20.0 Å². The third-order valence-corrected chi connectivity index (χ3v) is 9.47. The van der Waals surface area contributed by atoms with E-state index in [1.165, 1.54) is 27.8 Å². The van der Waals surface area contributed by atoms with E-state index in [1.54, 1.807) is 47.4 Å². The highest BCUT2D eigenvalue weighted by Crippen LogP contribution is 2.27. The van der Waals surface area contributed by atoms with Crippen LogP contribution < -0.4 is 4.73 Å². The van der Waals surface area contributed by atoms with Crippen molar-refractivity contribution in [2.75, 3.05) is 32.7 Å². The number of pyridine rings is 1. The summed E-state index contributed by atoms with van der Waals surface area (Å²) in [7, 11) is -3.94. The molecule has 1 unspecified atom stereocenters. The molecule has 6 rings (SSSR count). The number of likely N-dealkylation sites (tertiary alicyclic amines) is 1. The fourth-order valence-corrected chi connectivity index (χ4v) is 6.99. The zero-order valence-corrected chi connectivity index (χ0v) is 23.4. The molecule has 2 saturated heterocycles. The van der Waals surface area contributed by atoms with Gasteiger partial charge in [0.05, 0.1) is 11.6 Å². The van der Waals surface area contributed by atoms with Gasteiger partial charge in [-0.1, -0.05) is 11.6 Å². The van der Waals surface area contributed by atoms with Gasteiger partial charge in [0.2, 0.25) is 17.4 Å². The number of aromatic nitrogens is 4. The quantitative estimate of drug-likeness (QED) is 0.265. The van der Waals surface area contributed by atoms with Gasteiger partial charge in [0.25, 0.3) is 15.9 Å². The molecule has 0 spiro atoms. The van der Waals surface area contributed by atoms with Gasteiger partial charge in [-0.05, 0) is 36.8 Å². The summed E-state index contributed by atoms with van der Waals surface area (Å²) in [6.45, 7) is 0.863. The summed E-state index contributed by atoms with van der Waals surface area (Å²) in [6.07, 6.45) is 5.31. The van der Waals surface area contributed by atoms with E-state index in [1.807, 2.05) is 0 Å². The Balaban J connectivity index is 1.26. The second-order valence-corrected chi connectivity index (χ2v) is 12.4. The van der Waals surface area contributed by atoms with Crippen LogP contribution in [0, 0.1) is 5.21 Å². The van der Waals surface area contributed by atoms with Crippen molar-refractivity contribution in [1.29, 1.82) is 0 Å². The number of aromatic amines is 1. The van der Waals surface area contributed by atoms with Crippen LogP contribution in [0.1, 0.15) is 23.5 Å². The highest BCUT2D eigenvalue weighted by molar-refractivity contribution is 7.89. The molecule has 12 nitrogen and oxygen atoms in total. The van der Waals surface area contributed by atoms with Crippen molar-refractivity contribution in [3.8, 4) is 11.3 Å². The molecule has 0 saturated carbocycles. The SMILES string of the molecule is O=C1CCCN1CC1CN(S(=O)(=O)c2cc3cc(Cl)ccc3[nH]2)CCN1C(=O)c1ncc(-c2cccc[n+]2[O-])cn1. The molecule has 4 aromatic rings. The van der Waals surface area contributed by atoms with Crippen molar-refractivity contribution in [3.05, 3.63) is 77.1 Å². The predicted octanol–water partition coefficient (Wildman–Crippen LogP) is 2.05. The Morgan fingerprint density at radius 1 is 1.12 bits per heavy atom. The molecule has 41 heavy (non-hydrogen) atoms. The summed E-state index contributed by atoms with van der Waals surface area (Å²) in [5, 5.41) is 13.3. The van der Waals surface area contributed by atoms with Crippen LogP contribution in [-0.4, -0.2) is 88.1 Å². The Morgan fingerprint density at radius 3 is 2.66 bits per heavy atom. The first-order valence-corrected chi connectivity index (χ1v) is 14.9. The summed E-state index contributed by atoms with van der Waals surface area (Å²) in [5.41, 5.74) is 1.43. The van der Waals surface area contributed by atoms with Gasteiger partial charge in [0.1, 0.15) is 5.03 Å². The monoisotopic (exact) mass is 595 g/mol. The minimum Gasteiger partial charge on any atom is -0.618 e. The molecule has 1 atom stereocenters. The topological polar surface area (TPSA) is 147 Å². The number of nitrogens with zero attached hydrogens (tertiary/aromatic N) is 6. The minimum absolute atomic E-state index is 0.00768. The highest BCUT2D eigenvalue weighted by Gasteiger charge is 2.39. The van der Waals surface area contributed by atoms with E-state index in [9.17, 15) is 23.2 Å². The lowest BCUT2D eigenvalue weighted by molar-refractivity contribution is -0.593. The zero-order chi connectivity index (χ0) is 28.7. The van der Waals surface area contributed by atoms with Crippen LogP contribution in [0.3, 0.4) is 0 Å². The molecule has 0 aliphatic carbocycles. The number of hydrogen-bond acceptors (Lipinski definition) is 7. The van der Waals surface area contributed by atoms with Gasteiger partial charge in [-0.3, -0.25) is 9.59 Å². The number of rotatable bonds is 6. The first-order chi connectivity index (χ1) is 19.7. The maximum Gasteiger partial charge on any atom is 0.292 e. The lowest BCUT2D eigenvalue weighted by Gasteiger charge is -2.41. The number of fused-ring (bicyclic) bond motifs is 1. The van der Waals surface area contributed by atoms with Gasteiger partial charge in [-0.15, -0.1) is 0 Å². The van der Waals surface area contributed by atoms with E-state index in [4.69, 9.17) is 11.6 Å². The van der Waals surface area contributed by atoms with E-state index in [0.717, 1.165) is 0 Å². The third-order valence-electron chi connectivity index (χ3n) is 7.45. The molecule has 2 fully saturated rings. The normalized spacial score (nSPS) is 18.4. The fourth-order valence-electron chi connectivity index (χ4n) is 5.33. The zero-order valence-electron chi connectivity index (χ0n) is 21.8. The minimum atomic E-state index is -3.94. The van der Waals surface area contributed by atoms with E-state index in [0.29, 0.717) is 51.3 Å². The molecule has 2 aliphatic heterocycles. The van der Waals surface area contributed by atoms with Crippen LogP contribution >= 0.6 is 11.6 Å². The van der Waals surface area contributed by atoms with Crippen LogP contribution in [0.5, 0.6) is 0 Å². The number of H-pyrrole nitrogens is 1. The molecule has 212 valence electrons. The van der Waals surface area contributed by atoms with Crippen molar-refractivity contribution in [3.63, 3.8) is 0 Å². The van der Waals surface area contributed by atoms with Gasteiger partial charge in [0.15, 0.2) is 6.20 Å². The van der Waals surface area contributed by atoms with Gasteiger partial charge in [0, 0.05) is 79.6 Å². The average Bonchev–Trinajstić information content (AvgIpc) is 3.59. The van der Waals surface area contributed by atoms with Crippen LogP contribution in [0.2, 0.25) is 5.02 Å². The number of hydrogen-bond donors (Lipinski definition) is 1. The molecule has 5 heterocycles. The molecule has 1 N–H and O–H groups in total. The molecule has 14 heteroatoms. The van der Waals surface area contributed by atoms with Gasteiger partial charge >= 0.3 is 0 Å². The van der Waals surface area contributed by atoms with Crippen LogP contribution in [0.15, 0.2) is 66.1 Å². The Bertz CT molecular complexity index is 1740. The van der Waals surface area contributed by atoms with Crippen LogP contribution in [-0.2, 0) is 14.8 Å². The largest absolute Gasteiger partial charge is 0.618 e. The summed E-state index contributed by atoms with van der Waals surface area (Å²) in [4.78, 5) is 40.6. The third kappa shape index (κ3) is 5.23. The van der Waals surface area contributed by atoms with Crippen molar-refractivity contribution in [2.24, 2.45) is 0 Å². The maximum absolute atomic E-state index is 13.7. The molecule has 3 aromatic heterocycles. The standard InChI is InChI=1S/C27H26ClN7O5S/c28-20-6-7-22-18(12-20)13-24(31-22)41(39,40)33-10-11-34(21(17-33)16-32-8-3-5-25(32)36)27(37)26-29-14-19(15-30-26)23-4-1-2-9-35(23)38/h1-2,4,6-7,9,12-15,21,31H,3,5,8,10-11,16-17H2. The summed E-state index contributed by atoms with van der Waals surface area (Å²) >= 11 is 6.08. The summed E-state index contributed by atoms with van der Waals surface area (Å²) in [5.74, 6) is -0.587. The van der Waals surface area contributed by atoms with Crippen molar-refractivity contribution in [1.82, 2.24) is 29.1 Å². The molecular weight excluding hydrogens is 570 g/mol. The van der Waals surface area contributed by atoms with E-state index in [2.05, 4.69) is 15.0 Å². The van der Waals surface area contributed by atoms with Crippen molar-refractivity contribution in [2.45, 2.75) is 23.9 Å². The van der Waals surface area contributed by atoms with Crippen molar-refractivity contribution >= 4 is 44.3 Å². The molecule has 1 aromatic carbocycles. The summed E-state index contributed by atoms with van der Waals surface area (Å²) in [6, 6.07) is 10.9. The van der Waals surface area contributed by atoms with Gasteiger partial charge in [-0.2, -0.15) is 9.04 Å². The fraction of sp³-hybridized carbons (Fsp3) is 0.296. The number of carbonyl (C=O) groups is 2. The second-order valence-electron chi connectivity index (χ2n) is 10.0. The Labute approximate surface area is 240 Å². The van der Waals surface area contributed by atoms with Crippen LogP contribution in [0.4, 0.5) is 0 Å². The number of piperazine rings is 1. The number of sulfonamides is 1. The molecule has 0 bridgehead atoms.